The molecular formula is C7H19NO4Si. The van der Waals surface area contributed by atoms with Crippen LogP contribution >= 0.6 is 0 Å². The van der Waals surface area contributed by atoms with Crippen molar-refractivity contribution in [1.29, 1.82) is 0 Å². The molecule has 0 rings (SSSR count). The SMILES string of the molecule is CCO[Si](OCC)(OCC)OCN. The molecule has 0 fully saturated rings. The van der Waals surface area contributed by atoms with Crippen molar-refractivity contribution < 1.29 is 17.7 Å². The summed E-state index contributed by atoms with van der Waals surface area (Å²) in [4.78, 5) is 0. The third-order valence-corrected chi connectivity index (χ3v) is 3.67. The van der Waals surface area contributed by atoms with Crippen LogP contribution in [-0.2, 0) is 17.7 Å². The molecule has 0 aliphatic rings. The molecule has 13 heavy (non-hydrogen) atoms. The van der Waals surface area contributed by atoms with Crippen LogP contribution in [0, 0.1) is 0 Å². The highest BCUT2D eigenvalue weighted by Crippen LogP contribution is 2.10. The normalized spacial score (nSPS) is 12.0. The first kappa shape index (κ1) is 13.0. The number of rotatable bonds is 8. The quantitative estimate of drug-likeness (QED) is 0.465. The van der Waals surface area contributed by atoms with Gasteiger partial charge in [-0.3, -0.25) is 0 Å². The van der Waals surface area contributed by atoms with E-state index in [0.29, 0.717) is 19.8 Å². The molecule has 0 saturated carbocycles. The second kappa shape index (κ2) is 7.42. The van der Waals surface area contributed by atoms with E-state index in [-0.39, 0.29) is 6.73 Å². The molecule has 0 saturated heterocycles. The molecule has 0 spiro atoms. The summed E-state index contributed by atoms with van der Waals surface area (Å²) in [6, 6.07) is 0. The van der Waals surface area contributed by atoms with Gasteiger partial charge in [-0.25, -0.2) is 0 Å². The van der Waals surface area contributed by atoms with Crippen molar-refractivity contribution in [2.75, 3.05) is 26.6 Å². The van der Waals surface area contributed by atoms with Gasteiger partial charge in [0.2, 0.25) is 0 Å². The van der Waals surface area contributed by atoms with Gasteiger partial charge in [-0.15, -0.1) is 0 Å². The third kappa shape index (κ3) is 4.70. The minimum atomic E-state index is -2.92. The average molecular weight is 209 g/mol. The zero-order chi connectivity index (χ0) is 10.2. The zero-order valence-electron chi connectivity index (χ0n) is 8.54. The molecule has 0 aliphatic carbocycles. The molecule has 0 radical (unpaired) electrons. The second-order valence-electron chi connectivity index (χ2n) is 2.11. The van der Waals surface area contributed by atoms with Gasteiger partial charge in [0.15, 0.2) is 0 Å². The van der Waals surface area contributed by atoms with Crippen LogP contribution in [0.15, 0.2) is 0 Å². The average Bonchev–Trinajstić information content (AvgIpc) is 2.06. The van der Waals surface area contributed by atoms with Gasteiger partial charge >= 0.3 is 9.05 Å². The molecule has 0 unspecified atom stereocenters. The Labute approximate surface area is 80.6 Å². The van der Waals surface area contributed by atoms with Gasteiger partial charge in [0.1, 0.15) is 0 Å². The third-order valence-electron chi connectivity index (χ3n) is 1.22. The maximum absolute atomic E-state index is 5.34. The van der Waals surface area contributed by atoms with Crippen molar-refractivity contribution in [2.24, 2.45) is 5.73 Å². The standard InChI is InChI=1S/C7H19NO4Si/c1-4-9-13(10-5-2,11-6-3)12-7-8/h4-8H2,1-3H3. The summed E-state index contributed by atoms with van der Waals surface area (Å²) in [5, 5.41) is 0. The molecular weight excluding hydrogens is 190 g/mol. The molecule has 5 nitrogen and oxygen atoms in total. The van der Waals surface area contributed by atoms with Gasteiger partial charge in [-0.2, -0.15) is 0 Å². The molecule has 0 amide bonds. The number of hydrogen-bond donors (Lipinski definition) is 1. The summed E-state index contributed by atoms with van der Waals surface area (Å²) in [5.41, 5.74) is 5.28. The van der Waals surface area contributed by atoms with Crippen molar-refractivity contribution in [1.82, 2.24) is 0 Å². The fraction of sp³-hybridized carbons (Fsp3) is 1.00. The Morgan fingerprint density at radius 2 is 1.23 bits per heavy atom. The van der Waals surface area contributed by atoms with E-state index in [1.54, 1.807) is 0 Å². The van der Waals surface area contributed by atoms with E-state index in [0.717, 1.165) is 0 Å². The van der Waals surface area contributed by atoms with E-state index < -0.39 is 9.05 Å². The summed E-state index contributed by atoms with van der Waals surface area (Å²) >= 11 is 0. The zero-order valence-corrected chi connectivity index (χ0v) is 9.54. The first-order valence-electron chi connectivity index (χ1n) is 4.50. The fourth-order valence-corrected chi connectivity index (χ4v) is 2.65. The topological polar surface area (TPSA) is 62.9 Å². The maximum atomic E-state index is 5.34. The predicted octanol–water partition coefficient (Wildman–Crippen LogP) is 0.464. The maximum Gasteiger partial charge on any atom is 0.680 e. The van der Waals surface area contributed by atoms with Crippen LogP contribution in [0.3, 0.4) is 0 Å². The van der Waals surface area contributed by atoms with E-state index in [9.17, 15) is 0 Å². The molecule has 6 heteroatoms. The van der Waals surface area contributed by atoms with Crippen molar-refractivity contribution in [3.63, 3.8) is 0 Å². The molecule has 0 aromatic carbocycles. The first-order valence-corrected chi connectivity index (χ1v) is 6.13. The van der Waals surface area contributed by atoms with Gasteiger partial charge in [0.25, 0.3) is 0 Å². The lowest BCUT2D eigenvalue weighted by Gasteiger charge is -2.25. The Hall–Kier alpha value is 0.0169. The van der Waals surface area contributed by atoms with Gasteiger partial charge in [-0.05, 0) is 20.8 Å². The molecule has 0 aromatic rings. The van der Waals surface area contributed by atoms with Crippen molar-refractivity contribution in [3.05, 3.63) is 0 Å². The lowest BCUT2D eigenvalue weighted by atomic mass is 10.9. The van der Waals surface area contributed by atoms with Gasteiger partial charge in [0, 0.05) is 19.8 Å². The second-order valence-corrected chi connectivity index (χ2v) is 4.26. The monoisotopic (exact) mass is 209 g/mol. The van der Waals surface area contributed by atoms with Crippen LogP contribution in [0.1, 0.15) is 20.8 Å². The van der Waals surface area contributed by atoms with Crippen LogP contribution < -0.4 is 5.73 Å². The Morgan fingerprint density at radius 3 is 1.46 bits per heavy atom. The smallest absolute Gasteiger partial charge is 0.351 e. The Bertz CT molecular complexity index is 95.6. The largest absolute Gasteiger partial charge is 0.680 e. The van der Waals surface area contributed by atoms with Crippen molar-refractivity contribution >= 4 is 9.05 Å². The van der Waals surface area contributed by atoms with Gasteiger partial charge < -0.3 is 23.4 Å². The molecule has 0 atom stereocenters. The summed E-state index contributed by atoms with van der Waals surface area (Å²) in [6.07, 6.45) is 0. The molecule has 0 aliphatic heterocycles. The van der Waals surface area contributed by atoms with Crippen LogP contribution in [0.2, 0.25) is 0 Å². The summed E-state index contributed by atoms with van der Waals surface area (Å²) in [5.74, 6) is 0. The Balaban J connectivity index is 4.19. The van der Waals surface area contributed by atoms with Crippen LogP contribution in [0.4, 0.5) is 0 Å². The minimum Gasteiger partial charge on any atom is -0.351 e. The summed E-state index contributed by atoms with van der Waals surface area (Å²) < 4.78 is 21.2. The fourth-order valence-electron chi connectivity index (χ4n) is 0.882. The lowest BCUT2D eigenvalue weighted by Crippen LogP contribution is -2.50. The molecule has 2 N–H and O–H groups in total. The molecule has 80 valence electrons. The van der Waals surface area contributed by atoms with Gasteiger partial charge in [0.05, 0.1) is 6.73 Å². The first-order chi connectivity index (χ1) is 6.24. The van der Waals surface area contributed by atoms with E-state index in [1.807, 2.05) is 20.8 Å². The van der Waals surface area contributed by atoms with E-state index in [4.69, 9.17) is 23.4 Å². The van der Waals surface area contributed by atoms with E-state index in [2.05, 4.69) is 0 Å². The number of hydrogen-bond acceptors (Lipinski definition) is 5. The van der Waals surface area contributed by atoms with Crippen molar-refractivity contribution in [2.45, 2.75) is 20.8 Å². The van der Waals surface area contributed by atoms with E-state index in [1.165, 1.54) is 0 Å². The predicted molar refractivity (Wildman–Crippen MR) is 50.8 cm³/mol. The number of nitrogens with two attached hydrogens (primary N) is 1. The van der Waals surface area contributed by atoms with Crippen LogP contribution in [0.5, 0.6) is 0 Å². The molecule has 0 bridgehead atoms. The van der Waals surface area contributed by atoms with E-state index >= 15 is 0 Å². The minimum absolute atomic E-state index is 0.0478. The molecule has 0 heterocycles. The van der Waals surface area contributed by atoms with Gasteiger partial charge in [-0.1, -0.05) is 0 Å². The summed E-state index contributed by atoms with van der Waals surface area (Å²) in [6.45, 7) is 7.11. The highest BCUT2D eigenvalue weighted by atomic mass is 28.4. The Kier molecular flexibility index (Phi) is 7.43. The molecule has 0 aromatic heterocycles. The van der Waals surface area contributed by atoms with Crippen molar-refractivity contribution in [3.8, 4) is 0 Å². The Morgan fingerprint density at radius 1 is 0.846 bits per heavy atom. The highest BCUT2D eigenvalue weighted by molar-refractivity contribution is 6.53. The van der Waals surface area contributed by atoms with Crippen LogP contribution in [0.25, 0.3) is 0 Å². The highest BCUT2D eigenvalue weighted by Gasteiger charge is 2.44. The summed E-state index contributed by atoms with van der Waals surface area (Å²) in [7, 11) is -2.92. The van der Waals surface area contributed by atoms with Crippen LogP contribution in [-0.4, -0.2) is 35.6 Å². The lowest BCUT2D eigenvalue weighted by molar-refractivity contribution is -0.0261.